The Morgan fingerprint density at radius 3 is 1.94 bits per heavy atom. The van der Waals surface area contributed by atoms with Crippen LogP contribution < -0.4 is 0 Å². The molecular formula is C13H5Cl4N. The predicted octanol–water partition coefficient (Wildman–Crippen LogP) is 5.84. The molecule has 0 bridgehead atoms. The van der Waals surface area contributed by atoms with Crippen LogP contribution in [0.5, 0.6) is 0 Å². The number of halogens is 4. The molecule has 2 aromatic carbocycles. The van der Waals surface area contributed by atoms with Gasteiger partial charge < -0.3 is 0 Å². The van der Waals surface area contributed by atoms with E-state index in [0.29, 0.717) is 36.8 Å². The summed E-state index contributed by atoms with van der Waals surface area (Å²) in [6, 6.07) is 10.2. The van der Waals surface area contributed by atoms with Crippen LogP contribution in [-0.4, -0.2) is 0 Å². The molecule has 0 fully saturated rings. The second-order valence-electron chi connectivity index (χ2n) is 3.55. The average molecular weight is 317 g/mol. The Balaban J connectivity index is 2.63. The minimum absolute atomic E-state index is 0.384. The van der Waals surface area contributed by atoms with Gasteiger partial charge in [-0.05, 0) is 24.3 Å². The molecule has 90 valence electrons. The molecule has 0 unspecified atom stereocenters. The topological polar surface area (TPSA) is 23.8 Å². The van der Waals surface area contributed by atoms with E-state index < -0.39 is 0 Å². The van der Waals surface area contributed by atoms with E-state index in [4.69, 9.17) is 51.7 Å². The van der Waals surface area contributed by atoms with Crippen molar-refractivity contribution >= 4 is 46.4 Å². The summed E-state index contributed by atoms with van der Waals surface area (Å²) in [5.41, 5.74) is 1.87. The lowest BCUT2D eigenvalue weighted by molar-refractivity contribution is 1.48. The summed E-state index contributed by atoms with van der Waals surface area (Å²) in [7, 11) is 0. The zero-order valence-electron chi connectivity index (χ0n) is 8.85. The minimum Gasteiger partial charge on any atom is -0.192 e. The van der Waals surface area contributed by atoms with Gasteiger partial charge in [0, 0.05) is 16.1 Å². The van der Waals surface area contributed by atoms with E-state index >= 15 is 0 Å². The summed E-state index contributed by atoms with van der Waals surface area (Å²) in [5, 5.41) is 10.5. The van der Waals surface area contributed by atoms with E-state index in [2.05, 4.69) is 0 Å². The first-order chi connectivity index (χ1) is 8.52. The maximum absolute atomic E-state index is 8.79. The van der Waals surface area contributed by atoms with Crippen LogP contribution in [0.3, 0.4) is 0 Å². The number of hydrogen-bond donors (Lipinski definition) is 0. The lowest BCUT2D eigenvalue weighted by atomic mass is 10.0. The van der Waals surface area contributed by atoms with Gasteiger partial charge >= 0.3 is 0 Å². The van der Waals surface area contributed by atoms with E-state index in [9.17, 15) is 0 Å². The molecule has 0 aliphatic rings. The number of benzene rings is 2. The number of rotatable bonds is 1. The summed E-state index contributed by atoms with van der Waals surface area (Å²) in [6.45, 7) is 0. The van der Waals surface area contributed by atoms with Gasteiger partial charge in [0.2, 0.25) is 0 Å². The maximum Gasteiger partial charge on any atom is 0.0992 e. The first-order valence-electron chi connectivity index (χ1n) is 4.87. The van der Waals surface area contributed by atoms with Gasteiger partial charge in [-0.2, -0.15) is 5.26 Å². The largest absolute Gasteiger partial charge is 0.192 e. The van der Waals surface area contributed by atoms with E-state index in [-0.39, 0.29) is 0 Å². The third kappa shape index (κ3) is 2.58. The van der Waals surface area contributed by atoms with Crippen molar-refractivity contribution < 1.29 is 0 Å². The zero-order valence-corrected chi connectivity index (χ0v) is 11.9. The van der Waals surface area contributed by atoms with Crippen molar-refractivity contribution in [3.8, 4) is 17.2 Å². The molecule has 0 amide bonds. The minimum atomic E-state index is 0.384. The van der Waals surface area contributed by atoms with Gasteiger partial charge in [-0.3, -0.25) is 0 Å². The molecule has 0 N–H and O–H groups in total. The Kier molecular flexibility index (Phi) is 4.04. The third-order valence-electron chi connectivity index (χ3n) is 2.40. The molecule has 0 saturated heterocycles. The zero-order chi connectivity index (χ0) is 13.3. The molecular weight excluding hydrogens is 312 g/mol. The molecule has 0 heterocycles. The lowest BCUT2D eigenvalue weighted by Gasteiger charge is -2.08. The van der Waals surface area contributed by atoms with Gasteiger partial charge in [0.25, 0.3) is 0 Å². The second-order valence-corrected chi connectivity index (χ2v) is 5.18. The van der Waals surface area contributed by atoms with Gasteiger partial charge in [0.15, 0.2) is 0 Å². The first-order valence-corrected chi connectivity index (χ1v) is 6.38. The Labute approximate surface area is 124 Å². The summed E-state index contributed by atoms with van der Waals surface area (Å²) >= 11 is 24.1. The Morgan fingerprint density at radius 2 is 1.33 bits per heavy atom. The molecule has 0 aliphatic heterocycles. The van der Waals surface area contributed by atoms with Crippen LogP contribution in [0.2, 0.25) is 20.1 Å². The van der Waals surface area contributed by atoms with Crippen molar-refractivity contribution in [2.24, 2.45) is 0 Å². The molecule has 2 rings (SSSR count). The highest BCUT2D eigenvalue weighted by molar-refractivity contribution is 6.44. The third-order valence-corrected chi connectivity index (χ3v) is 3.75. The number of nitrogens with zero attached hydrogens (tertiary/aromatic N) is 1. The SMILES string of the molecule is N#Cc1ccc(-c2cc(Cl)c(Cl)cc2Cl)c(Cl)c1. The molecule has 0 aromatic heterocycles. The van der Waals surface area contributed by atoms with Gasteiger partial charge in [-0.15, -0.1) is 0 Å². The molecule has 0 saturated carbocycles. The van der Waals surface area contributed by atoms with Crippen LogP contribution in [0.25, 0.3) is 11.1 Å². The van der Waals surface area contributed by atoms with Gasteiger partial charge in [-0.1, -0.05) is 52.5 Å². The molecule has 0 atom stereocenters. The highest BCUT2D eigenvalue weighted by Crippen LogP contribution is 2.38. The van der Waals surface area contributed by atoms with E-state index in [1.807, 2.05) is 6.07 Å². The molecule has 5 heteroatoms. The number of nitriles is 1. The highest BCUT2D eigenvalue weighted by atomic mass is 35.5. The van der Waals surface area contributed by atoms with Crippen molar-refractivity contribution in [3.05, 3.63) is 56.0 Å². The normalized spacial score (nSPS) is 10.2. The van der Waals surface area contributed by atoms with Crippen molar-refractivity contribution in [1.82, 2.24) is 0 Å². The maximum atomic E-state index is 8.79. The first kappa shape index (κ1) is 13.5. The van der Waals surface area contributed by atoms with Gasteiger partial charge in [0.1, 0.15) is 0 Å². The van der Waals surface area contributed by atoms with Crippen LogP contribution in [-0.2, 0) is 0 Å². The fraction of sp³-hybridized carbons (Fsp3) is 0. The van der Waals surface area contributed by atoms with Gasteiger partial charge in [0.05, 0.1) is 26.7 Å². The van der Waals surface area contributed by atoms with Crippen LogP contribution in [0, 0.1) is 11.3 Å². The molecule has 18 heavy (non-hydrogen) atoms. The van der Waals surface area contributed by atoms with Crippen LogP contribution in [0.4, 0.5) is 0 Å². The molecule has 1 nitrogen and oxygen atoms in total. The monoisotopic (exact) mass is 315 g/mol. The van der Waals surface area contributed by atoms with E-state index in [0.717, 1.165) is 0 Å². The molecule has 2 aromatic rings. The fourth-order valence-corrected chi connectivity index (χ4v) is 2.46. The average Bonchev–Trinajstić information content (AvgIpc) is 2.34. The Hall–Kier alpha value is -0.910. The summed E-state index contributed by atoms with van der Waals surface area (Å²) < 4.78 is 0. The van der Waals surface area contributed by atoms with Crippen molar-refractivity contribution in [2.75, 3.05) is 0 Å². The molecule has 0 radical (unpaired) electrons. The Morgan fingerprint density at radius 1 is 0.722 bits per heavy atom. The van der Waals surface area contributed by atoms with Crippen LogP contribution in [0.1, 0.15) is 5.56 Å². The van der Waals surface area contributed by atoms with Crippen LogP contribution in [0.15, 0.2) is 30.3 Å². The second kappa shape index (κ2) is 5.38. The summed E-state index contributed by atoms with van der Waals surface area (Å²) in [5.74, 6) is 0. The summed E-state index contributed by atoms with van der Waals surface area (Å²) in [6.07, 6.45) is 0. The quantitative estimate of drug-likeness (QED) is 0.606. The smallest absolute Gasteiger partial charge is 0.0992 e. The van der Waals surface area contributed by atoms with Gasteiger partial charge in [-0.25, -0.2) is 0 Å². The summed E-state index contributed by atoms with van der Waals surface area (Å²) in [4.78, 5) is 0. The fourth-order valence-electron chi connectivity index (χ4n) is 1.53. The van der Waals surface area contributed by atoms with E-state index in [1.165, 1.54) is 0 Å². The standard InChI is InChI=1S/C13H5Cl4N/c14-10-3-7(6-18)1-2-8(10)9-4-12(16)13(17)5-11(9)15/h1-5H. The van der Waals surface area contributed by atoms with E-state index in [1.54, 1.807) is 30.3 Å². The lowest BCUT2D eigenvalue weighted by Crippen LogP contribution is -1.84. The van der Waals surface area contributed by atoms with Crippen molar-refractivity contribution in [2.45, 2.75) is 0 Å². The Bertz CT molecular complexity index is 659. The van der Waals surface area contributed by atoms with Crippen molar-refractivity contribution in [1.29, 1.82) is 5.26 Å². The highest BCUT2D eigenvalue weighted by Gasteiger charge is 2.11. The molecule has 0 aliphatic carbocycles. The molecule has 0 spiro atoms. The van der Waals surface area contributed by atoms with Crippen molar-refractivity contribution in [3.63, 3.8) is 0 Å². The predicted molar refractivity (Wildman–Crippen MR) is 76.6 cm³/mol. The van der Waals surface area contributed by atoms with Crippen LogP contribution >= 0.6 is 46.4 Å². The number of hydrogen-bond acceptors (Lipinski definition) is 1.